The van der Waals surface area contributed by atoms with Gasteiger partial charge in [0.2, 0.25) is 5.91 Å². The Kier molecular flexibility index (Phi) is 7.08. The van der Waals surface area contributed by atoms with E-state index in [0.29, 0.717) is 6.54 Å². The van der Waals surface area contributed by atoms with E-state index in [0.717, 1.165) is 23.0 Å². The molecule has 0 aliphatic carbocycles. The average Bonchev–Trinajstić information content (AvgIpc) is 3.13. The zero-order chi connectivity index (χ0) is 16.4. The van der Waals surface area contributed by atoms with Crippen LogP contribution in [0.4, 0.5) is 5.69 Å². The second-order valence-corrected chi connectivity index (χ2v) is 6.17. The van der Waals surface area contributed by atoms with Gasteiger partial charge in [-0.2, -0.15) is 27.0 Å². The molecular formula is C20H23N3OS2. The van der Waals surface area contributed by atoms with Crippen LogP contribution in [0.1, 0.15) is 11.5 Å². The molecule has 0 spiro atoms. The highest BCUT2D eigenvalue weighted by Gasteiger charge is 2.33. The molecule has 1 amide bonds. The number of rotatable bonds is 3. The monoisotopic (exact) mass is 385 g/mol. The normalized spacial score (nSPS) is 18.6. The van der Waals surface area contributed by atoms with Gasteiger partial charge in [0.05, 0.1) is 5.92 Å². The third kappa shape index (κ3) is 4.03. The number of benzene rings is 2. The molecule has 1 aromatic heterocycles. The van der Waals surface area contributed by atoms with E-state index in [4.69, 9.17) is 0 Å². The van der Waals surface area contributed by atoms with Crippen molar-refractivity contribution in [1.29, 1.82) is 0 Å². The molecule has 2 atom stereocenters. The number of hydrogen-bond donors (Lipinski definition) is 2. The van der Waals surface area contributed by atoms with Crippen LogP contribution in [0.15, 0.2) is 67.0 Å². The van der Waals surface area contributed by atoms with Crippen molar-refractivity contribution in [2.24, 2.45) is 5.92 Å². The maximum absolute atomic E-state index is 12.9. The van der Waals surface area contributed by atoms with E-state index in [1.165, 1.54) is 5.56 Å². The van der Waals surface area contributed by atoms with Gasteiger partial charge in [0, 0.05) is 47.9 Å². The molecule has 2 heterocycles. The van der Waals surface area contributed by atoms with Gasteiger partial charge in [0.1, 0.15) is 0 Å². The molecule has 26 heavy (non-hydrogen) atoms. The van der Waals surface area contributed by atoms with Crippen LogP contribution in [0, 0.1) is 5.92 Å². The van der Waals surface area contributed by atoms with Gasteiger partial charge < -0.3 is 10.6 Å². The lowest BCUT2D eigenvalue weighted by molar-refractivity contribution is -0.119. The summed E-state index contributed by atoms with van der Waals surface area (Å²) in [5, 5.41) is 8.52. The van der Waals surface area contributed by atoms with Gasteiger partial charge >= 0.3 is 0 Å². The summed E-state index contributed by atoms with van der Waals surface area (Å²) in [6, 6.07) is 18.1. The van der Waals surface area contributed by atoms with Crippen LogP contribution in [0.25, 0.3) is 10.8 Å². The van der Waals surface area contributed by atoms with E-state index >= 15 is 0 Å². The summed E-state index contributed by atoms with van der Waals surface area (Å²) in [6.07, 6.45) is 3.57. The first kappa shape index (κ1) is 20.3. The van der Waals surface area contributed by atoms with Gasteiger partial charge in [-0.05, 0) is 17.7 Å². The summed E-state index contributed by atoms with van der Waals surface area (Å²) in [5.41, 5.74) is 2.06. The third-order valence-electron chi connectivity index (χ3n) is 4.72. The highest BCUT2D eigenvalue weighted by molar-refractivity contribution is 7.59. The van der Waals surface area contributed by atoms with Crippen LogP contribution in [0.2, 0.25) is 0 Å². The Balaban J connectivity index is 0.00000121. The molecule has 0 bridgehead atoms. The molecule has 0 unspecified atom stereocenters. The number of aromatic nitrogens is 1. The standard InChI is InChI=1S/C20H19N3O.2H2S/c24-20(18-13-22-12-17(18)14-5-2-1-3-6-14)23-19-8-4-7-15-11-21-10-9-16(15)19;;/h1-11,17-18,22H,12-13H2,(H,23,24);2*1H2/t17-,18-;;/m1../s1. The van der Waals surface area contributed by atoms with Crippen molar-refractivity contribution in [1.82, 2.24) is 10.3 Å². The maximum atomic E-state index is 12.9. The lowest BCUT2D eigenvalue weighted by atomic mass is 9.88. The lowest BCUT2D eigenvalue weighted by Gasteiger charge is -2.19. The minimum Gasteiger partial charge on any atom is -0.325 e. The zero-order valence-electron chi connectivity index (χ0n) is 14.3. The third-order valence-corrected chi connectivity index (χ3v) is 4.72. The zero-order valence-corrected chi connectivity index (χ0v) is 16.3. The Labute approximate surface area is 167 Å². The molecule has 6 heteroatoms. The Morgan fingerprint density at radius 3 is 2.62 bits per heavy atom. The second kappa shape index (κ2) is 9.07. The Morgan fingerprint density at radius 2 is 1.81 bits per heavy atom. The fourth-order valence-electron chi connectivity index (χ4n) is 3.46. The summed E-state index contributed by atoms with van der Waals surface area (Å²) >= 11 is 0. The molecule has 4 rings (SSSR count). The number of nitrogens with zero attached hydrogens (tertiary/aromatic N) is 1. The summed E-state index contributed by atoms with van der Waals surface area (Å²) in [5.74, 6) is 0.213. The molecule has 2 aromatic carbocycles. The van der Waals surface area contributed by atoms with Crippen molar-refractivity contribution in [3.8, 4) is 0 Å². The largest absolute Gasteiger partial charge is 0.325 e. The summed E-state index contributed by atoms with van der Waals surface area (Å²) < 4.78 is 0. The molecule has 1 fully saturated rings. The number of pyridine rings is 1. The fourth-order valence-corrected chi connectivity index (χ4v) is 3.46. The molecule has 1 aliphatic rings. The van der Waals surface area contributed by atoms with Crippen LogP contribution < -0.4 is 10.6 Å². The van der Waals surface area contributed by atoms with Crippen molar-refractivity contribution in [2.45, 2.75) is 5.92 Å². The molecule has 4 nitrogen and oxygen atoms in total. The van der Waals surface area contributed by atoms with Crippen LogP contribution in [0.3, 0.4) is 0 Å². The second-order valence-electron chi connectivity index (χ2n) is 6.17. The van der Waals surface area contributed by atoms with Crippen LogP contribution in [-0.2, 0) is 4.79 Å². The molecule has 1 aliphatic heterocycles. The quantitative estimate of drug-likeness (QED) is 0.727. The fraction of sp³-hybridized carbons (Fsp3) is 0.200. The van der Waals surface area contributed by atoms with Crippen molar-refractivity contribution >= 4 is 49.4 Å². The van der Waals surface area contributed by atoms with E-state index in [2.05, 4.69) is 27.8 Å². The predicted molar refractivity (Wildman–Crippen MR) is 117 cm³/mol. The number of carbonyl (C=O) groups excluding carboxylic acids is 1. The molecular weight excluding hydrogens is 362 g/mol. The summed E-state index contributed by atoms with van der Waals surface area (Å²) in [6.45, 7) is 1.54. The van der Waals surface area contributed by atoms with Crippen LogP contribution in [-0.4, -0.2) is 24.0 Å². The van der Waals surface area contributed by atoms with Gasteiger partial charge in [-0.1, -0.05) is 42.5 Å². The Hall–Kier alpha value is -2.02. The highest BCUT2D eigenvalue weighted by atomic mass is 32.1. The average molecular weight is 386 g/mol. The van der Waals surface area contributed by atoms with Gasteiger partial charge in [-0.15, -0.1) is 0 Å². The number of carbonyl (C=O) groups is 1. The molecule has 0 radical (unpaired) electrons. The minimum absolute atomic E-state index is 0. The number of nitrogens with one attached hydrogen (secondary N) is 2. The van der Waals surface area contributed by atoms with E-state index < -0.39 is 0 Å². The molecule has 1 saturated heterocycles. The first-order chi connectivity index (χ1) is 11.8. The van der Waals surface area contributed by atoms with Gasteiger partial charge in [-0.25, -0.2) is 0 Å². The van der Waals surface area contributed by atoms with E-state index in [9.17, 15) is 4.79 Å². The van der Waals surface area contributed by atoms with E-state index in [-0.39, 0.29) is 44.7 Å². The topological polar surface area (TPSA) is 54.0 Å². The molecule has 2 N–H and O–H groups in total. The van der Waals surface area contributed by atoms with Crippen molar-refractivity contribution < 1.29 is 4.79 Å². The molecule has 0 saturated carbocycles. The van der Waals surface area contributed by atoms with Crippen LogP contribution >= 0.6 is 27.0 Å². The van der Waals surface area contributed by atoms with Crippen molar-refractivity contribution in [3.05, 3.63) is 72.6 Å². The lowest BCUT2D eigenvalue weighted by Crippen LogP contribution is -2.28. The SMILES string of the molecule is O=C(Nc1cccc2cnccc12)[C@@H]1CNC[C@@H]1c1ccccc1.S.S. The first-order valence-corrected chi connectivity index (χ1v) is 8.22. The van der Waals surface area contributed by atoms with Gasteiger partial charge in [0.25, 0.3) is 0 Å². The van der Waals surface area contributed by atoms with Gasteiger partial charge in [-0.3, -0.25) is 9.78 Å². The number of anilines is 1. The van der Waals surface area contributed by atoms with Gasteiger partial charge in [0.15, 0.2) is 0 Å². The predicted octanol–water partition coefficient (Wildman–Crippen LogP) is 3.40. The Morgan fingerprint density at radius 1 is 1.00 bits per heavy atom. The summed E-state index contributed by atoms with van der Waals surface area (Å²) in [4.78, 5) is 17.0. The smallest absolute Gasteiger partial charge is 0.229 e. The van der Waals surface area contributed by atoms with E-state index in [1.54, 1.807) is 6.20 Å². The Bertz CT molecular complexity index is 868. The highest BCUT2D eigenvalue weighted by Crippen LogP contribution is 2.30. The minimum atomic E-state index is -0.0653. The number of amides is 1. The van der Waals surface area contributed by atoms with Crippen molar-refractivity contribution in [2.75, 3.05) is 18.4 Å². The number of hydrogen-bond acceptors (Lipinski definition) is 3. The maximum Gasteiger partial charge on any atom is 0.229 e. The van der Waals surface area contributed by atoms with Crippen molar-refractivity contribution in [3.63, 3.8) is 0 Å². The first-order valence-electron chi connectivity index (χ1n) is 8.22. The molecule has 136 valence electrons. The molecule has 3 aromatic rings. The van der Waals surface area contributed by atoms with Crippen LogP contribution in [0.5, 0.6) is 0 Å². The number of fused-ring (bicyclic) bond motifs is 1. The van der Waals surface area contributed by atoms with E-state index in [1.807, 2.05) is 48.7 Å². The summed E-state index contributed by atoms with van der Waals surface area (Å²) in [7, 11) is 0.